The number of halogens is 4. The lowest BCUT2D eigenvalue weighted by molar-refractivity contribution is -0.143. The molecule has 0 amide bonds. The van der Waals surface area contributed by atoms with E-state index >= 15 is 0 Å². The minimum atomic E-state index is -4.82. The highest BCUT2D eigenvalue weighted by Crippen LogP contribution is 2.35. The van der Waals surface area contributed by atoms with E-state index < -0.39 is 29.4 Å². The normalized spacial score (nSPS) is 15.4. The van der Waals surface area contributed by atoms with E-state index in [4.69, 9.17) is 9.47 Å². The molecule has 1 aromatic rings. The zero-order chi connectivity index (χ0) is 15.6. The molecule has 1 rings (SSSR count). The van der Waals surface area contributed by atoms with Gasteiger partial charge in [-0.2, -0.15) is 13.2 Å². The molecule has 0 bridgehead atoms. The third kappa shape index (κ3) is 3.91. The smallest absolute Gasteiger partial charge is 0.385 e. The molecule has 0 spiro atoms. The number of aliphatic hydroxyl groups is 1. The van der Waals surface area contributed by atoms with E-state index in [1.165, 1.54) is 21.1 Å². The Hall–Kier alpha value is -1.18. The molecule has 0 aliphatic rings. The van der Waals surface area contributed by atoms with Crippen molar-refractivity contribution in [3.8, 4) is 0 Å². The van der Waals surface area contributed by atoms with Gasteiger partial charge in [-0.15, -0.1) is 0 Å². The lowest BCUT2D eigenvalue weighted by Gasteiger charge is -2.28. The summed E-state index contributed by atoms with van der Waals surface area (Å²) in [5.74, 6) is -1.38. The summed E-state index contributed by atoms with van der Waals surface area (Å²) in [5.41, 5.74) is -3.13. The SMILES string of the molecule is COC(CC(C)(O)c1ccc(F)c(C(F)(F)F)c1)OC. The van der Waals surface area contributed by atoms with E-state index in [1.807, 2.05) is 0 Å². The number of benzene rings is 1. The van der Waals surface area contributed by atoms with Crippen LogP contribution in [-0.2, 0) is 21.3 Å². The first-order valence-corrected chi connectivity index (χ1v) is 5.77. The van der Waals surface area contributed by atoms with Gasteiger partial charge in [0.2, 0.25) is 0 Å². The van der Waals surface area contributed by atoms with Crippen LogP contribution in [-0.4, -0.2) is 25.6 Å². The highest BCUT2D eigenvalue weighted by atomic mass is 19.4. The van der Waals surface area contributed by atoms with E-state index in [0.29, 0.717) is 12.1 Å². The fourth-order valence-corrected chi connectivity index (χ4v) is 1.78. The summed E-state index contributed by atoms with van der Waals surface area (Å²) in [6.45, 7) is 1.31. The summed E-state index contributed by atoms with van der Waals surface area (Å²) < 4.78 is 60.9. The van der Waals surface area contributed by atoms with Gasteiger partial charge in [-0.1, -0.05) is 6.07 Å². The van der Waals surface area contributed by atoms with E-state index in [-0.39, 0.29) is 12.0 Å². The summed E-state index contributed by atoms with van der Waals surface area (Å²) in [6, 6.07) is 2.38. The van der Waals surface area contributed by atoms with E-state index in [1.54, 1.807) is 0 Å². The average molecular weight is 296 g/mol. The standard InChI is InChI=1S/C13H16F4O3/c1-12(18,7-11(19-2)20-3)8-4-5-10(14)9(6-8)13(15,16)17/h4-6,11,18H,7H2,1-3H3. The third-order valence-corrected chi connectivity index (χ3v) is 2.98. The molecule has 114 valence electrons. The zero-order valence-corrected chi connectivity index (χ0v) is 11.3. The van der Waals surface area contributed by atoms with Crippen LogP contribution in [0.25, 0.3) is 0 Å². The van der Waals surface area contributed by atoms with Crippen molar-refractivity contribution >= 4 is 0 Å². The molecule has 0 saturated carbocycles. The van der Waals surface area contributed by atoms with Crippen LogP contribution >= 0.6 is 0 Å². The summed E-state index contributed by atoms with van der Waals surface area (Å²) in [6.07, 6.45) is -5.70. The first-order chi connectivity index (χ1) is 9.11. The molecule has 1 unspecified atom stereocenters. The average Bonchev–Trinajstić information content (AvgIpc) is 2.34. The Balaban J connectivity index is 3.13. The second-order valence-corrected chi connectivity index (χ2v) is 4.57. The topological polar surface area (TPSA) is 38.7 Å². The minimum Gasteiger partial charge on any atom is -0.385 e. The van der Waals surface area contributed by atoms with Crippen molar-refractivity contribution in [2.75, 3.05) is 14.2 Å². The molecule has 1 atom stereocenters. The Morgan fingerprint density at radius 3 is 2.20 bits per heavy atom. The second kappa shape index (κ2) is 6.07. The Bertz CT molecular complexity index is 453. The van der Waals surface area contributed by atoms with Crippen molar-refractivity contribution in [3.05, 3.63) is 35.1 Å². The molecule has 0 aliphatic heterocycles. The van der Waals surface area contributed by atoms with Crippen molar-refractivity contribution in [3.63, 3.8) is 0 Å². The largest absolute Gasteiger partial charge is 0.419 e. The molecule has 0 fully saturated rings. The molecule has 0 saturated heterocycles. The third-order valence-electron chi connectivity index (χ3n) is 2.98. The van der Waals surface area contributed by atoms with Crippen LogP contribution < -0.4 is 0 Å². The lowest BCUT2D eigenvalue weighted by Crippen LogP contribution is -2.30. The number of methoxy groups -OCH3 is 2. The number of alkyl halides is 3. The first kappa shape index (κ1) is 16.9. The van der Waals surface area contributed by atoms with Gasteiger partial charge in [0.1, 0.15) is 5.82 Å². The highest BCUT2D eigenvalue weighted by molar-refractivity contribution is 5.31. The summed E-state index contributed by atoms with van der Waals surface area (Å²) >= 11 is 0. The predicted molar refractivity (Wildman–Crippen MR) is 63.4 cm³/mol. The molecular formula is C13H16F4O3. The van der Waals surface area contributed by atoms with Gasteiger partial charge in [0, 0.05) is 20.6 Å². The zero-order valence-electron chi connectivity index (χ0n) is 11.3. The minimum absolute atomic E-state index is 0.0645. The quantitative estimate of drug-likeness (QED) is 0.670. The number of hydrogen-bond donors (Lipinski definition) is 1. The number of hydrogen-bond acceptors (Lipinski definition) is 3. The molecule has 1 N–H and O–H groups in total. The van der Waals surface area contributed by atoms with Crippen LogP contribution in [0.1, 0.15) is 24.5 Å². The van der Waals surface area contributed by atoms with Crippen molar-refractivity contribution in [2.24, 2.45) is 0 Å². The highest BCUT2D eigenvalue weighted by Gasteiger charge is 2.36. The molecule has 3 nitrogen and oxygen atoms in total. The Labute approximate surface area is 114 Å². The Morgan fingerprint density at radius 1 is 1.20 bits per heavy atom. The van der Waals surface area contributed by atoms with Crippen LogP contribution in [0.5, 0.6) is 0 Å². The first-order valence-electron chi connectivity index (χ1n) is 5.77. The molecule has 0 aliphatic carbocycles. The van der Waals surface area contributed by atoms with Gasteiger partial charge in [-0.25, -0.2) is 4.39 Å². The summed E-state index contributed by atoms with van der Waals surface area (Å²) in [5, 5.41) is 10.2. The molecule has 1 aromatic carbocycles. The van der Waals surface area contributed by atoms with Crippen molar-refractivity contribution in [1.82, 2.24) is 0 Å². The van der Waals surface area contributed by atoms with Crippen LogP contribution in [0.2, 0.25) is 0 Å². The van der Waals surface area contributed by atoms with Crippen LogP contribution in [0.3, 0.4) is 0 Å². The molecule has 20 heavy (non-hydrogen) atoms. The van der Waals surface area contributed by atoms with Gasteiger partial charge in [0.05, 0.1) is 11.2 Å². The lowest BCUT2D eigenvalue weighted by atomic mass is 9.90. The van der Waals surface area contributed by atoms with Gasteiger partial charge in [-0.3, -0.25) is 0 Å². The fraction of sp³-hybridized carbons (Fsp3) is 0.538. The molecular weight excluding hydrogens is 280 g/mol. The number of rotatable bonds is 5. The van der Waals surface area contributed by atoms with Crippen molar-refractivity contribution in [1.29, 1.82) is 0 Å². The van der Waals surface area contributed by atoms with Crippen LogP contribution in [0, 0.1) is 5.82 Å². The Kier molecular flexibility index (Phi) is 5.12. The second-order valence-electron chi connectivity index (χ2n) is 4.57. The van der Waals surface area contributed by atoms with Crippen LogP contribution in [0.4, 0.5) is 17.6 Å². The van der Waals surface area contributed by atoms with Crippen LogP contribution in [0.15, 0.2) is 18.2 Å². The maximum atomic E-state index is 13.2. The number of ether oxygens (including phenoxy) is 2. The van der Waals surface area contributed by atoms with Gasteiger partial charge in [0.15, 0.2) is 6.29 Å². The van der Waals surface area contributed by atoms with Crippen molar-refractivity contribution < 1.29 is 32.1 Å². The van der Waals surface area contributed by atoms with Gasteiger partial charge < -0.3 is 14.6 Å². The maximum absolute atomic E-state index is 13.2. The molecule has 0 radical (unpaired) electrons. The monoisotopic (exact) mass is 296 g/mol. The van der Waals surface area contributed by atoms with E-state index in [9.17, 15) is 22.7 Å². The maximum Gasteiger partial charge on any atom is 0.419 e. The Morgan fingerprint density at radius 2 is 1.75 bits per heavy atom. The fourth-order valence-electron chi connectivity index (χ4n) is 1.78. The summed E-state index contributed by atoms with van der Waals surface area (Å²) in [4.78, 5) is 0. The van der Waals surface area contributed by atoms with E-state index in [2.05, 4.69) is 0 Å². The van der Waals surface area contributed by atoms with E-state index in [0.717, 1.165) is 6.07 Å². The predicted octanol–water partition coefficient (Wildman–Crippen LogP) is 3.06. The summed E-state index contributed by atoms with van der Waals surface area (Å²) in [7, 11) is 2.69. The van der Waals surface area contributed by atoms with Gasteiger partial charge in [0.25, 0.3) is 0 Å². The van der Waals surface area contributed by atoms with Gasteiger partial charge >= 0.3 is 6.18 Å². The molecule has 7 heteroatoms. The molecule has 0 heterocycles. The molecule has 0 aromatic heterocycles. The van der Waals surface area contributed by atoms with Gasteiger partial charge in [-0.05, 0) is 24.6 Å². The van der Waals surface area contributed by atoms with Crippen molar-refractivity contribution in [2.45, 2.75) is 31.4 Å².